The fourth-order valence-corrected chi connectivity index (χ4v) is 2.36. The first-order chi connectivity index (χ1) is 12.1. The Kier molecular flexibility index (Phi) is 5.77. The average molecular weight is 397 g/mol. The minimum Gasteiger partial charge on any atom is -0.490 e. The summed E-state index contributed by atoms with van der Waals surface area (Å²) in [6, 6.07) is 1.97. The van der Waals surface area contributed by atoms with E-state index in [4.69, 9.17) is 21.1 Å². The topological polar surface area (TPSA) is 62.5 Å². The second kappa shape index (κ2) is 7.50. The molecule has 0 aliphatic carbocycles. The molecule has 11 heteroatoms. The van der Waals surface area contributed by atoms with Crippen molar-refractivity contribution in [1.82, 2.24) is 9.13 Å². The normalized spacial score (nSPS) is 11.7. The standard InChI is InChI=1S/C15H13ClF4N2O4/c1-21-12(15(18,19)20)7-13(23)22(14(21)24)10-6-11(26-4-3-25-2)8(16)5-9(10)17/h5-7H,3-4H2,1-2H3. The van der Waals surface area contributed by atoms with Gasteiger partial charge in [0.15, 0.2) is 0 Å². The molecule has 0 bridgehead atoms. The molecule has 1 heterocycles. The van der Waals surface area contributed by atoms with Crippen molar-refractivity contribution in [2.75, 3.05) is 20.3 Å². The molecular weight excluding hydrogens is 384 g/mol. The largest absolute Gasteiger partial charge is 0.490 e. The molecule has 142 valence electrons. The highest BCUT2D eigenvalue weighted by Crippen LogP contribution is 2.30. The highest BCUT2D eigenvalue weighted by Gasteiger charge is 2.35. The number of methoxy groups -OCH3 is 1. The van der Waals surface area contributed by atoms with E-state index in [-0.39, 0.29) is 39.2 Å². The molecule has 0 radical (unpaired) electrons. The third-order valence-electron chi connectivity index (χ3n) is 3.40. The van der Waals surface area contributed by atoms with Crippen molar-refractivity contribution >= 4 is 11.6 Å². The lowest BCUT2D eigenvalue weighted by Gasteiger charge is -2.15. The first kappa shape index (κ1) is 20.0. The number of aromatic nitrogens is 2. The zero-order valence-corrected chi connectivity index (χ0v) is 14.3. The van der Waals surface area contributed by atoms with Crippen molar-refractivity contribution in [3.63, 3.8) is 0 Å². The van der Waals surface area contributed by atoms with E-state index in [0.29, 0.717) is 0 Å². The summed E-state index contributed by atoms with van der Waals surface area (Å²) in [5, 5.41) is -0.140. The molecule has 2 rings (SSSR count). The summed E-state index contributed by atoms with van der Waals surface area (Å²) < 4.78 is 63.4. The molecule has 0 atom stereocenters. The maximum absolute atomic E-state index is 14.2. The smallest absolute Gasteiger partial charge is 0.431 e. The molecule has 2 aromatic rings. The van der Waals surface area contributed by atoms with Crippen LogP contribution in [0.4, 0.5) is 17.6 Å². The Labute approximate surface area is 149 Å². The van der Waals surface area contributed by atoms with Crippen LogP contribution in [0.1, 0.15) is 5.69 Å². The molecule has 0 amide bonds. The monoisotopic (exact) mass is 396 g/mol. The molecule has 0 fully saturated rings. The van der Waals surface area contributed by atoms with Crippen LogP contribution >= 0.6 is 11.6 Å². The number of ether oxygens (including phenoxy) is 2. The number of hydrogen-bond donors (Lipinski definition) is 0. The molecule has 26 heavy (non-hydrogen) atoms. The van der Waals surface area contributed by atoms with Gasteiger partial charge < -0.3 is 9.47 Å². The van der Waals surface area contributed by atoms with Gasteiger partial charge in [-0.15, -0.1) is 0 Å². The highest BCUT2D eigenvalue weighted by atomic mass is 35.5. The van der Waals surface area contributed by atoms with Gasteiger partial charge in [0.1, 0.15) is 23.9 Å². The van der Waals surface area contributed by atoms with Crippen LogP contribution in [0.5, 0.6) is 5.75 Å². The van der Waals surface area contributed by atoms with Crippen LogP contribution in [0, 0.1) is 5.82 Å². The second-order valence-corrected chi connectivity index (χ2v) is 5.53. The minimum atomic E-state index is -4.92. The Morgan fingerprint density at radius 3 is 2.38 bits per heavy atom. The van der Waals surface area contributed by atoms with E-state index in [1.165, 1.54) is 7.11 Å². The van der Waals surface area contributed by atoms with Crippen LogP contribution < -0.4 is 16.0 Å². The van der Waals surface area contributed by atoms with E-state index >= 15 is 0 Å². The van der Waals surface area contributed by atoms with Gasteiger partial charge in [0, 0.05) is 26.3 Å². The molecule has 1 aromatic carbocycles. The molecule has 1 aromatic heterocycles. The SMILES string of the molecule is COCCOc1cc(-n2c(=O)cc(C(F)(F)F)n(C)c2=O)c(F)cc1Cl. The van der Waals surface area contributed by atoms with Gasteiger partial charge in [-0.2, -0.15) is 13.2 Å². The summed E-state index contributed by atoms with van der Waals surface area (Å²) in [7, 11) is 2.25. The predicted octanol–water partition coefficient (Wildman–Crippen LogP) is 2.37. The fourth-order valence-electron chi connectivity index (χ4n) is 2.15. The quantitative estimate of drug-likeness (QED) is 0.575. The van der Waals surface area contributed by atoms with Gasteiger partial charge in [-0.1, -0.05) is 11.6 Å². The van der Waals surface area contributed by atoms with E-state index in [0.717, 1.165) is 19.2 Å². The lowest BCUT2D eigenvalue weighted by atomic mass is 10.2. The van der Waals surface area contributed by atoms with Crippen molar-refractivity contribution in [2.24, 2.45) is 7.05 Å². The van der Waals surface area contributed by atoms with Gasteiger partial charge in [0.05, 0.1) is 17.3 Å². The van der Waals surface area contributed by atoms with E-state index in [1.54, 1.807) is 0 Å². The van der Waals surface area contributed by atoms with Crippen LogP contribution in [-0.4, -0.2) is 29.5 Å². The summed E-state index contributed by atoms with van der Waals surface area (Å²) in [6.07, 6.45) is -4.92. The summed E-state index contributed by atoms with van der Waals surface area (Å²) in [4.78, 5) is 24.3. The van der Waals surface area contributed by atoms with E-state index < -0.39 is 34.6 Å². The van der Waals surface area contributed by atoms with E-state index in [1.807, 2.05) is 0 Å². The lowest BCUT2D eigenvalue weighted by molar-refractivity contribution is -0.144. The molecular formula is C15H13ClF4N2O4. The summed E-state index contributed by atoms with van der Waals surface area (Å²) in [5.41, 5.74) is -4.74. The highest BCUT2D eigenvalue weighted by molar-refractivity contribution is 6.32. The molecule has 0 aliphatic heterocycles. The van der Waals surface area contributed by atoms with Crippen molar-refractivity contribution in [3.05, 3.63) is 55.6 Å². The third kappa shape index (κ3) is 3.91. The van der Waals surface area contributed by atoms with Gasteiger partial charge >= 0.3 is 11.9 Å². The molecule has 0 saturated heterocycles. The van der Waals surface area contributed by atoms with E-state index in [9.17, 15) is 27.2 Å². The first-order valence-electron chi connectivity index (χ1n) is 7.09. The number of rotatable bonds is 5. The van der Waals surface area contributed by atoms with Gasteiger partial charge in [0.2, 0.25) is 0 Å². The fraction of sp³-hybridized carbons (Fsp3) is 0.333. The second-order valence-electron chi connectivity index (χ2n) is 5.12. The Hall–Kier alpha value is -2.33. The van der Waals surface area contributed by atoms with Crippen LogP contribution in [0.25, 0.3) is 5.69 Å². The lowest BCUT2D eigenvalue weighted by Crippen LogP contribution is -2.41. The number of hydrogen-bond acceptors (Lipinski definition) is 4. The molecule has 0 unspecified atom stereocenters. The Balaban J connectivity index is 2.65. The van der Waals surface area contributed by atoms with Gasteiger partial charge in [-0.3, -0.25) is 9.36 Å². The zero-order valence-electron chi connectivity index (χ0n) is 13.6. The van der Waals surface area contributed by atoms with Crippen LogP contribution in [0.15, 0.2) is 27.8 Å². The van der Waals surface area contributed by atoms with Crippen LogP contribution in [0.2, 0.25) is 5.02 Å². The zero-order chi connectivity index (χ0) is 19.6. The predicted molar refractivity (Wildman–Crippen MR) is 84.6 cm³/mol. The average Bonchev–Trinajstić information content (AvgIpc) is 2.53. The van der Waals surface area contributed by atoms with E-state index in [2.05, 4.69) is 0 Å². The van der Waals surface area contributed by atoms with Gasteiger partial charge in [-0.25, -0.2) is 13.8 Å². The third-order valence-corrected chi connectivity index (χ3v) is 3.69. The Morgan fingerprint density at radius 2 is 1.81 bits per heavy atom. The molecule has 0 aliphatic rings. The van der Waals surface area contributed by atoms with Crippen molar-refractivity contribution < 1.29 is 27.0 Å². The van der Waals surface area contributed by atoms with Gasteiger partial charge in [-0.05, 0) is 6.07 Å². The van der Waals surface area contributed by atoms with Crippen molar-refractivity contribution in [3.8, 4) is 11.4 Å². The number of nitrogens with zero attached hydrogens (tertiary/aromatic N) is 2. The molecule has 0 saturated carbocycles. The molecule has 6 nitrogen and oxygen atoms in total. The van der Waals surface area contributed by atoms with Crippen molar-refractivity contribution in [2.45, 2.75) is 6.18 Å². The first-order valence-corrected chi connectivity index (χ1v) is 7.47. The summed E-state index contributed by atoms with van der Waals surface area (Å²) in [6.45, 7) is 0.228. The molecule has 0 spiro atoms. The number of alkyl halides is 3. The summed E-state index contributed by atoms with van der Waals surface area (Å²) in [5.74, 6) is -1.14. The van der Waals surface area contributed by atoms with Crippen LogP contribution in [0.3, 0.4) is 0 Å². The Morgan fingerprint density at radius 1 is 1.15 bits per heavy atom. The van der Waals surface area contributed by atoms with Gasteiger partial charge in [0.25, 0.3) is 5.56 Å². The Bertz CT molecular complexity index is 937. The minimum absolute atomic E-state index is 0.0429. The maximum Gasteiger partial charge on any atom is 0.431 e. The summed E-state index contributed by atoms with van der Waals surface area (Å²) >= 11 is 5.84. The van der Waals surface area contributed by atoms with Crippen molar-refractivity contribution in [1.29, 1.82) is 0 Å². The number of benzene rings is 1. The molecule has 0 N–H and O–H groups in total. The number of halogens is 5. The van der Waals surface area contributed by atoms with Crippen LogP contribution in [-0.2, 0) is 18.0 Å². The maximum atomic E-state index is 14.2.